The number of aromatic nitrogens is 2. The van der Waals surface area contributed by atoms with Crippen LogP contribution in [0, 0.1) is 0 Å². The molecule has 1 heterocycles. The summed E-state index contributed by atoms with van der Waals surface area (Å²) in [4.78, 5) is 0. The Hall–Kier alpha value is -0.550. The van der Waals surface area contributed by atoms with Crippen molar-refractivity contribution in [2.75, 3.05) is 0 Å². The Morgan fingerprint density at radius 1 is 1.50 bits per heavy atom. The van der Waals surface area contributed by atoms with Crippen LogP contribution in [0.15, 0.2) is 17.3 Å². The molecule has 0 atom stereocenters. The molecule has 0 fully saturated rings. The second kappa shape index (κ2) is 4.47. The van der Waals surface area contributed by atoms with E-state index in [0.29, 0.717) is 0 Å². The number of halogens is 1. The maximum atomic E-state index is 10.5. The van der Waals surface area contributed by atoms with Crippen molar-refractivity contribution in [1.82, 2.24) is 9.78 Å². The third-order valence-corrected chi connectivity index (χ3v) is 2.13. The molecule has 0 N–H and O–H groups in total. The Labute approximate surface area is 76.6 Å². The van der Waals surface area contributed by atoms with Gasteiger partial charge in [0.05, 0.1) is 0 Å². The third kappa shape index (κ3) is 3.23. The Balaban J connectivity index is 0.000000561. The lowest BCUT2D eigenvalue weighted by Crippen LogP contribution is -1.94. The third-order valence-electron chi connectivity index (χ3n) is 0.939. The van der Waals surface area contributed by atoms with Crippen LogP contribution in [0.5, 0.6) is 0 Å². The summed E-state index contributed by atoms with van der Waals surface area (Å²) >= 11 is 0. The molecule has 0 saturated carbocycles. The van der Waals surface area contributed by atoms with E-state index >= 15 is 0 Å². The summed E-state index contributed by atoms with van der Waals surface area (Å²) < 4.78 is 22.4. The molecule has 0 unspecified atom stereocenters. The van der Waals surface area contributed by atoms with Crippen molar-refractivity contribution in [3.8, 4) is 0 Å². The molecule has 4 nitrogen and oxygen atoms in total. The first-order chi connectivity index (χ1) is 5.50. The molecule has 1 rings (SSSR count). The number of rotatable bonds is 1. The predicted octanol–water partition coefficient (Wildman–Crippen LogP) is 1.37. The second-order valence-electron chi connectivity index (χ2n) is 1.77. The van der Waals surface area contributed by atoms with Crippen molar-refractivity contribution in [1.29, 1.82) is 0 Å². The Morgan fingerprint density at radius 3 is 2.17 bits per heavy atom. The Morgan fingerprint density at radius 2 is 2.00 bits per heavy atom. The van der Waals surface area contributed by atoms with Crippen LogP contribution < -0.4 is 0 Å². The minimum absolute atomic E-state index is 0.114. The van der Waals surface area contributed by atoms with E-state index in [2.05, 4.69) is 5.10 Å². The van der Waals surface area contributed by atoms with Gasteiger partial charge in [-0.2, -0.15) is 5.10 Å². The molecule has 70 valence electrons. The molecule has 0 radical (unpaired) electrons. The molecule has 6 heteroatoms. The zero-order chi connectivity index (χ0) is 9.78. The van der Waals surface area contributed by atoms with Crippen molar-refractivity contribution in [3.05, 3.63) is 12.3 Å². The number of aryl methyl sites for hydroxylation is 1. The zero-order valence-corrected chi connectivity index (χ0v) is 8.72. The average Bonchev–Trinajstić information content (AvgIpc) is 2.39. The van der Waals surface area contributed by atoms with E-state index in [1.54, 1.807) is 7.05 Å². The second-order valence-corrected chi connectivity index (χ2v) is 4.28. The molecule has 12 heavy (non-hydrogen) atoms. The molecule has 0 aromatic carbocycles. The van der Waals surface area contributed by atoms with E-state index in [9.17, 15) is 8.42 Å². The lowest BCUT2D eigenvalue weighted by molar-refractivity contribution is 0.601. The first kappa shape index (κ1) is 11.4. The van der Waals surface area contributed by atoms with Gasteiger partial charge in [0.2, 0.25) is 0 Å². The number of hydrogen-bond acceptors (Lipinski definition) is 3. The lowest BCUT2D eigenvalue weighted by atomic mass is 10.7. The maximum absolute atomic E-state index is 10.5. The van der Waals surface area contributed by atoms with Gasteiger partial charge in [-0.1, -0.05) is 13.8 Å². The molecule has 0 bridgehead atoms. The maximum Gasteiger partial charge on any atom is 0.280 e. The van der Waals surface area contributed by atoms with E-state index in [0.717, 1.165) is 0 Å². The van der Waals surface area contributed by atoms with E-state index in [4.69, 9.17) is 10.7 Å². The Kier molecular flexibility index (Phi) is 4.26. The number of nitrogens with zero attached hydrogens (tertiary/aromatic N) is 2. The van der Waals surface area contributed by atoms with E-state index in [1.807, 2.05) is 13.8 Å². The smallest absolute Gasteiger partial charge is 0.274 e. The summed E-state index contributed by atoms with van der Waals surface area (Å²) in [7, 11) is 2.94. The van der Waals surface area contributed by atoms with Crippen molar-refractivity contribution >= 4 is 19.7 Å². The summed E-state index contributed by atoms with van der Waals surface area (Å²) in [5, 5.41) is 3.46. The molecule has 0 aliphatic heterocycles. The van der Waals surface area contributed by atoms with Gasteiger partial charge in [0, 0.05) is 23.9 Å². The molecule has 0 amide bonds. The van der Waals surface area contributed by atoms with E-state index in [-0.39, 0.29) is 5.03 Å². The highest BCUT2D eigenvalue weighted by molar-refractivity contribution is 8.13. The molecule has 1 aromatic rings. The van der Waals surface area contributed by atoms with Crippen LogP contribution in [0.4, 0.5) is 0 Å². The van der Waals surface area contributed by atoms with Crippen molar-refractivity contribution in [2.45, 2.75) is 18.9 Å². The average molecular weight is 211 g/mol. The molecule has 0 aliphatic carbocycles. The fraction of sp³-hybridized carbons (Fsp3) is 0.500. The lowest BCUT2D eigenvalue weighted by Gasteiger charge is -1.85. The topological polar surface area (TPSA) is 52.0 Å². The minimum atomic E-state index is -3.64. The van der Waals surface area contributed by atoms with Gasteiger partial charge in [0.15, 0.2) is 5.03 Å². The van der Waals surface area contributed by atoms with Gasteiger partial charge in [-0.3, -0.25) is 4.68 Å². The first-order valence-corrected chi connectivity index (χ1v) is 5.75. The summed E-state index contributed by atoms with van der Waals surface area (Å²) in [6, 6.07) is 1.34. The van der Waals surface area contributed by atoms with Gasteiger partial charge in [-0.15, -0.1) is 0 Å². The van der Waals surface area contributed by atoms with Gasteiger partial charge in [0.25, 0.3) is 9.05 Å². The number of hydrogen-bond donors (Lipinski definition) is 0. The fourth-order valence-electron chi connectivity index (χ4n) is 0.524. The van der Waals surface area contributed by atoms with Gasteiger partial charge in [-0.25, -0.2) is 8.42 Å². The fourth-order valence-corrected chi connectivity index (χ4v) is 1.22. The molecule has 0 aliphatic rings. The molecule has 0 saturated heterocycles. The first-order valence-electron chi connectivity index (χ1n) is 3.44. The van der Waals surface area contributed by atoms with Crippen molar-refractivity contribution < 1.29 is 8.42 Å². The van der Waals surface area contributed by atoms with Gasteiger partial charge in [-0.05, 0) is 6.07 Å². The summed E-state index contributed by atoms with van der Waals surface area (Å²) in [6.07, 6.45) is 1.51. The van der Waals surface area contributed by atoms with Crippen molar-refractivity contribution in [3.63, 3.8) is 0 Å². The Bertz CT molecular complexity index is 331. The summed E-state index contributed by atoms with van der Waals surface area (Å²) in [5.41, 5.74) is 0. The largest absolute Gasteiger partial charge is 0.280 e. The summed E-state index contributed by atoms with van der Waals surface area (Å²) in [5.74, 6) is 0. The highest BCUT2D eigenvalue weighted by Gasteiger charge is 2.11. The highest BCUT2D eigenvalue weighted by Crippen LogP contribution is 2.09. The SMILES string of the molecule is CC.Cn1ccc(S(=O)(=O)Cl)n1. The quantitative estimate of drug-likeness (QED) is 0.658. The summed E-state index contributed by atoms with van der Waals surface area (Å²) in [6.45, 7) is 4.00. The van der Waals surface area contributed by atoms with Crippen molar-refractivity contribution in [2.24, 2.45) is 7.05 Å². The van der Waals surface area contributed by atoms with Crippen LogP contribution in [0.2, 0.25) is 0 Å². The predicted molar refractivity (Wildman–Crippen MR) is 47.6 cm³/mol. The monoisotopic (exact) mass is 210 g/mol. The normalized spacial score (nSPS) is 10.3. The molecule has 0 spiro atoms. The van der Waals surface area contributed by atoms with Gasteiger partial charge >= 0.3 is 0 Å². The molecular formula is C6H11ClN2O2S. The zero-order valence-electron chi connectivity index (χ0n) is 7.15. The van der Waals surface area contributed by atoms with Gasteiger partial charge in [0.1, 0.15) is 0 Å². The van der Waals surface area contributed by atoms with Crippen LogP contribution in [0.25, 0.3) is 0 Å². The van der Waals surface area contributed by atoms with Crippen LogP contribution in [0.1, 0.15) is 13.8 Å². The van der Waals surface area contributed by atoms with E-state index < -0.39 is 9.05 Å². The standard InChI is InChI=1S/C4H5ClN2O2S.C2H6/c1-7-3-2-4(6-7)10(5,8)9;1-2/h2-3H,1H3;1-2H3. The molecule has 1 aromatic heterocycles. The van der Waals surface area contributed by atoms with Crippen LogP contribution in [-0.2, 0) is 16.1 Å². The van der Waals surface area contributed by atoms with Gasteiger partial charge < -0.3 is 0 Å². The minimum Gasteiger partial charge on any atom is -0.274 e. The molecular weight excluding hydrogens is 200 g/mol. The van der Waals surface area contributed by atoms with Crippen LogP contribution in [0.3, 0.4) is 0 Å². The van der Waals surface area contributed by atoms with Crippen LogP contribution >= 0.6 is 10.7 Å². The van der Waals surface area contributed by atoms with Crippen LogP contribution in [-0.4, -0.2) is 18.2 Å². The van der Waals surface area contributed by atoms with E-state index in [1.165, 1.54) is 16.9 Å². The highest BCUT2D eigenvalue weighted by atomic mass is 35.7.